The number of aromatic nitrogens is 5. The van der Waals surface area contributed by atoms with E-state index in [1.807, 2.05) is 26.0 Å². The SMILES string of the molecule is Cc1cc(-c2ccc3[nH]c(Cc4cc(C(C)N5CCN(C(=O)CC(F)(F)F)CC5)ccn4)nc3c2F)ncn1. The van der Waals surface area contributed by atoms with Crippen LogP contribution in [-0.4, -0.2) is 73.0 Å². The summed E-state index contributed by atoms with van der Waals surface area (Å²) in [6.07, 6.45) is -2.47. The molecule has 1 aliphatic rings. The predicted molar refractivity (Wildman–Crippen MR) is 136 cm³/mol. The Labute approximate surface area is 222 Å². The number of hydrogen-bond acceptors (Lipinski definition) is 6. The number of H-pyrrole nitrogens is 1. The van der Waals surface area contributed by atoms with E-state index in [9.17, 15) is 18.0 Å². The van der Waals surface area contributed by atoms with Crippen LogP contribution >= 0.6 is 0 Å². The van der Waals surface area contributed by atoms with Crippen LogP contribution in [0.4, 0.5) is 17.6 Å². The lowest BCUT2D eigenvalue weighted by molar-refractivity contribution is -0.162. The number of aryl methyl sites for hydroxylation is 1. The van der Waals surface area contributed by atoms with E-state index < -0.39 is 24.3 Å². The molecule has 0 bridgehead atoms. The van der Waals surface area contributed by atoms with Crippen molar-refractivity contribution in [2.45, 2.75) is 38.9 Å². The molecule has 1 atom stereocenters. The number of nitrogens with zero attached hydrogens (tertiary/aromatic N) is 6. The van der Waals surface area contributed by atoms with E-state index in [0.29, 0.717) is 42.1 Å². The lowest BCUT2D eigenvalue weighted by Crippen LogP contribution is -2.50. The number of imidazole rings is 1. The number of nitrogens with one attached hydrogen (secondary N) is 1. The minimum atomic E-state index is -4.50. The Morgan fingerprint density at radius 3 is 2.56 bits per heavy atom. The zero-order chi connectivity index (χ0) is 27.7. The van der Waals surface area contributed by atoms with E-state index in [4.69, 9.17) is 0 Å². The third kappa shape index (κ3) is 6.06. The number of carbonyl (C=O) groups is 1. The van der Waals surface area contributed by atoms with Crippen LogP contribution in [0.2, 0.25) is 0 Å². The van der Waals surface area contributed by atoms with Crippen LogP contribution < -0.4 is 0 Å². The van der Waals surface area contributed by atoms with Crippen LogP contribution in [0.15, 0.2) is 42.9 Å². The van der Waals surface area contributed by atoms with E-state index in [0.717, 1.165) is 17.0 Å². The zero-order valence-electron chi connectivity index (χ0n) is 21.5. The van der Waals surface area contributed by atoms with E-state index in [-0.39, 0.29) is 24.6 Å². The highest BCUT2D eigenvalue weighted by Crippen LogP contribution is 2.28. The first-order chi connectivity index (χ1) is 18.6. The van der Waals surface area contributed by atoms with Gasteiger partial charge in [0.1, 0.15) is 24.1 Å². The number of amides is 1. The molecule has 1 saturated heterocycles. The van der Waals surface area contributed by atoms with Gasteiger partial charge in [-0.2, -0.15) is 13.2 Å². The molecular weight excluding hydrogens is 514 g/mol. The van der Waals surface area contributed by atoms with Crippen molar-refractivity contribution in [3.63, 3.8) is 0 Å². The summed E-state index contributed by atoms with van der Waals surface area (Å²) in [5.74, 6) is -0.784. The molecule has 8 nitrogen and oxygen atoms in total. The smallest absolute Gasteiger partial charge is 0.342 e. The Kier molecular flexibility index (Phi) is 7.30. The van der Waals surface area contributed by atoms with Crippen molar-refractivity contribution >= 4 is 16.9 Å². The number of pyridine rings is 1. The summed E-state index contributed by atoms with van der Waals surface area (Å²) in [5.41, 5.74) is 4.09. The summed E-state index contributed by atoms with van der Waals surface area (Å²) >= 11 is 0. The van der Waals surface area contributed by atoms with Gasteiger partial charge in [-0.1, -0.05) is 0 Å². The lowest BCUT2D eigenvalue weighted by Gasteiger charge is -2.38. The van der Waals surface area contributed by atoms with Crippen molar-refractivity contribution in [2.75, 3.05) is 26.2 Å². The third-order valence-corrected chi connectivity index (χ3v) is 6.96. The van der Waals surface area contributed by atoms with Gasteiger partial charge in [-0.3, -0.25) is 14.7 Å². The molecule has 1 N–H and O–H groups in total. The largest absolute Gasteiger partial charge is 0.397 e. The number of carbonyl (C=O) groups excluding carboxylic acids is 1. The number of halogens is 4. The molecule has 0 spiro atoms. The van der Waals surface area contributed by atoms with Gasteiger partial charge in [-0.05, 0) is 49.7 Å². The van der Waals surface area contributed by atoms with Crippen molar-refractivity contribution in [1.29, 1.82) is 0 Å². The molecule has 4 heterocycles. The summed E-state index contributed by atoms with van der Waals surface area (Å²) in [7, 11) is 0. The van der Waals surface area contributed by atoms with Gasteiger partial charge in [0, 0.05) is 61.8 Å². The van der Waals surface area contributed by atoms with E-state index in [1.54, 1.807) is 24.4 Å². The molecule has 4 aromatic rings. The van der Waals surface area contributed by atoms with Crippen molar-refractivity contribution in [1.82, 2.24) is 34.7 Å². The van der Waals surface area contributed by atoms with Crippen LogP contribution in [0.3, 0.4) is 0 Å². The van der Waals surface area contributed by atoms with Crippen LogP contribution in [0.1, 0.15) is 42.2 Å². The van der Waals surface area contributed by atoms with Gasteiger partial charge in [0.15, 0.2) is 5.82 Å². The zero-order valence-corrected chi connectivity index (χ0v) is 21.5. The normalized spacial score (nSPS) is 15.6. The predicted octanol–water partition coefficient (Wildman–Crippen LogP) is 4.61. The van der Waals surface area contributed by atoms with Crippen LogP contribution in [0.25, 0.3) is 22.3 Å². The van der Waals surface area contributed by atoms with Gasteiger partial charge < -0.3 is 9.88 Å². The quantitative estimate of drug-likeness (QED) is 0.359. The summed E-state index contributed by atoms with van der Waals surface area (Å²) in [5, 5.41) is 0. The number of rotatable bonds is 6. The second kappa shape index (κ2) is 10.7. The fourth-order valence-corrected chi connectivity index (χ4v) is 4.85. The Balaban J connectivity index is 1.27. The fraction of sp³-hybridized carbons (Fsp3) is 0.370. The maximum Gasteiger partial charge on any atom is 0.397 e. The minimum absolute atomic E-state index is 0.0291. The summed E-state index contributed by atoms with van der Waals surface area (Å²) in [4.78, 5) is 35.7. The maximum atomic E-state index is 15.3. The van der Waals surface area contributed by atoms with Crippen molar-refractivity contribution in [3.05, 3.63) is 71.4 Å². The topological polar surface area (TPSA) is 90.9 Å². The number of aromatic amines is 1. The first-order valence-electron chi connectivity index (χ1n) is 12.6. The Morgan fingerprint density at radius 1 is 1.08 bits per heavy atom. The molecule has 3 aromatic heterocycles. The molecule has 1 fully saturated rings. The van der Waals surface area contributed by atoms with Crippen molar-refractivity contribution in [2.24, 2.45) is 0 Å². The fourth-order valence-electron chi connectivity index (χ4n) is 4.85. The van der Waals surface area contributed by atoms with Crippen molar-refractivity contribution in [3.8, 4) is 11.3 Å². The lowest BCUT2D eigenvalue weighted by atomic mass is 10.1. The molecular formula is C27H27F4N7O. The molecule has 39 heavy (non-hydrogen) atoms. The summed E-state index contributed by atoms with van der Waals surface area (Å²) < 4.78 is 53.0. The first kappa shape index (κ1) is 26.7. The van der Waals surface area contributed by atoms with Crippen molar-refractivity contribution < 1.29 is 22.4 Å². The molecule has 1 aliphatic heterocycles. The molecule has 12 heteroatoms. The number of fused-ring (bicyclic) bond motifs is 1. The van der Waals surface area contributed by atoms with Crippen LogP contribution in [0.5, 0.6) is 0 Å². The standard InChI is InChI=1S/C27H27F4N7O/c1-16-11-22(34-15-33-16)20-3-4-21-26(25(20)28)36-23(35-21)13-19-12-18(5-6-32-19)17(2)37-7-9-38(10-8-37)24(39)14-27(29,30)31/h3-6,11-12,15,17H,7-10,13-14H2,1-2H3,(H,35,36). The molecule has 5 rings (SSSR count). The number of piperazine rings is 1. The Bertz CT molecular complexity index is 1500. The molecule has 0 saturated carbocycles. The molecule has 1 aromatic carbocycles. The number of alkyl halides is 3. The second-order valence-corrected chi connectivity index (χ2v) is 9.69. The Hall–Kier alpha value is -3.93. The Morgan fingerprint density at radius 2 is 1.85 bits per heavy atom. The second-order valence-electron chi connectivity index (χ2n) is 9.69. The van der Waals surface area contributed by atoms with Crippen LogP contribution in [-0.2, 0) is 11.2 Å². The monoisotopic (exact) mass is 541 g/mol. The highest BCUT2D eigenvalue weighted by molar-refractivity contribution is 5.82. The van der Waals surface area contributed by atoms with Gasteiger partial charge in [0.05, 0.1) is 11.2 Å². The van der Waals surface area contributed by atoms with Gasteiger partial charge >= 0.3 is 6.18 Å². The van der Waals surface area contributed by atoms with E-state index in [2.05, 4.69) is 29.8 Å². The van der Waals surface area contributed by atoms with Crippen LogP contribution in [0, 0.1) is 12.7 Å². The third-order valence-electron chi connectivity index (χ3n) is 6.96. The molecule has 0 aliphatic carbocycles. The number of hydrogen-bond donors (Lipinski definition) is 1. The number of benzene rings is 1. The average molecular weight is 542 g/mol. The summed E-state index contributed by atoms with van der Waals surface area (Å²) in [6, 6.07) is 8.96. The average Bonchev–Trinajstić information content (AvgIpc) is 3.31. The highest BCUT2D eigenvalue weighted by atomic mass is 19.4. The van der Waals surface area contributed by atoms with E-state index in [1.165, 1.54) is 11.2 Å². The van der Waals surface area contributed by atoms with Gasteiger partial charge in [-0.15, -0.1) is 0 Å². The van der Waals surface area contributed by atoms with Gasteiger partial charge in [0.25, 0.3) is 0 Å². The molecule has 204 valence electrons. The minimum Gasteiger partial charge on any atom is -0.342 e. The molecule has 0 radical (unpaired) electrons. The highest BCUT2D eigenvalue weighted by Gasteiger charge is 2.35. The van der Waals surface area contributed by atoms with E-state index >= 15 is 4.39 Å². The first-order valence-corrected chi connectivity index (χ1v) is 12.6. The van der Waals surface area contributed by atoms with Gasteiger partial charge in [0.2, 0.25) is 5.91 Å². The summed E-state index contributed by atoms with van der Waals surface area (Å²) in [6.45, 7) is 5.27. The van der Waals surface area contributed by atoms with Gasteiger partial charge in [-0.25, -0.2) is 19.3 Å². The molecule has 1 amide bonds. The maximum absolute atomic E-state index is 15.3. The molecule has 1 unspecified atom stereocenters.